The van der Waals surface area contributed by atoms with E-state index in [9.17, 15) is 4.79 Å². The number of nitrogens with zero attached hydrogens (tertiary/aromatic N) is 3. The Balaban J connectivity index is 1.83. The van der Waals surface area contributed by atoms with Crippen LogP contribution in [0.15, 0.2) is 55.2 Å². The van der Waals surface area contributed by atoms with Crippen molar-refractivity contribution in [1.29, 1.82) is 0 Å². The number of hydrogen-bond acceptors (Lipinski definition) is 3. The smallest absolute Gasteiger partial charge is 0.244 e. The molecule has 5 heteroatoms. The van der Waals surface area contributed by atoms with Crippen molar-refractivity contribution >= 4 is 22.5 Å². The molecule has 1 aromatic carbocycles. The number of pyridine rings is 1. The number of aromatic nitrogens is 3. The Labute approximate surface area is 109 Å². The van der Waals surface area contributed by atoms with E-state index in [0.717, 1.165) is 16.6 Å². The molecule has 0 atom stereocenters. The molecule has 5 nitrogen and oxygen atoms in total. The van der Waals surface area contributed by atoms with Gasteiger partial charge in [0.2, 0.25) is 5.91 Å². The summed E-state index contributed by atoms with van der Waals surface area (Å²) in [4.78, 5) is 20.1. The van der Waals surface area contributed by atoms with Gasteiger partial charge in [0.1, 0.15) is 6.54 Å². The fraction of sp³-hybridized carbons (Fsp3) is 0.0714. The van der Waals surface area contributed by atoms with Gasteiger partial charge in [-0.05, 0) is 24.3 Å². The molecule has 2 heterocycles. The lowest BCUT2D eigenvalue weighted by Gasteiger charge is -2.08. The number of fused-ring (bicyclic) bond motifs is 1. The predicted octanol–water partition coefficient (Wildman–Crippen LogP) is 2.07. The topological polar surface area (TPSA) is 59.8 Å². The molecule has 0 saturated carbocycles. The molecule has 94 valence electrons. The number of nitrogens with one attached hydrogen (secondary N) is 1. The van der Waals surface area contributed by atoms with Gasteiger partial charge in [0.25, 0.3) is 0 Å². The first-order valence-corrected chi connectivity index (χ1v) is 5.92. The molecule has 3 aromatic rings. The molecule has 0 aliphatic carbocycles. The van der Waals surface area contributed by atoms with Gasteiger partial charge >= 0.3 is 0 Å². The zero-order chi connectivity index (χ0) is 13.1. The summed E-state index contributed by atoms with van der Waals surface area (Å²) in [6.07, 6.45) is 6.75. The molecule has 0 aliphatic rings. The van der Waals surface area contributed by atoms with E-state index < -0.39 is 0 Å². The van der Waals surface area contributed by atoms with E-state index in [-0.39, 0.29) is 12.5 Å². The van der Waals surface area contributed by atoms with Crippen LogP contribution in [0.3, 0.4) is 0 Å². The van der Waals surface area contributed by atoms with Crippen LogP contribution in [-0.4, -0.2) is 20.4 Å². The number of amides is 1. The molecular weight excluding hydrogens is 240 g/mol. The molecule has 3 rings (SSSR count). The van der Waals surface area contributed by atoms with Gasteiger partial charge in [-0.1, -0.05) is 6.07 Å². The zero-order valence-corrected chi connectivity index (χ0v) is 10.2. The van der Waals surface area contributed by atoms with Gasteiger partial charge < -0.3 is 9.88 Å². The Morgan fingerprint density at radius 2 is 2.16 bits per heavy atom. The van der Waals surface area contributed by atoms with E-state index >= 15 is 0 Å². The number of carbonyl (C=O) groups excluding carboxylic acids is 1. The van der Waals surface area contributed by atoms with Gasteiger partial charge in [-0.3, -0.25) is 9.78 Å². The van der Waals surface area contributed by atoms with E-state index in [0.29, 0.717) is 0 Å². The third-order valence-corrected chi connectivity index (χ3v) is 2.81. The van der Waals surface area contributed by atoms with Gasteiger partial charge in [-0.2, -0.15) is 0 Å². The third-order valence-electron chi connectivity index (χ3n) is 2.81. The van der Waals surface area contributed by atoms with Crippen LogP contribution in [0.25, 0.3) is 10.9 Å². The summed E-state index contributed by atoms with van der Waals surface area (Å²) < 4.78 is 1.72. The molecule has 0 radical (unpaired) electrons. The van der Waals surface area contributed by atoms with Crippen molar-refractivity contribution < 1.29 is 4.79 Å². The quantitative estimate of drug-likeness (QED) is 0.776. The maximum atomic E-state index is 11.9. The van der Waals surface area contributed by atoms with Crippen molar-refractivity contribution in [3.63, 3.8) is 0 Å². The molecule has 0 aliphatic heterocycles. The van der Waals surface area contributed by atoms with Crippen LogP contribution in [0, 0.1) is 0 Å². The van der Waals surface area contributed by atoms with Crippen LogP contribution in [0.4, 0.5) is 5.69 Å². The fourth-order valence-electron chi connectivity index (χ4n) is 1.95. The van der Waals surface area contributed by atoms with E-state index in [1.165, 1.54) is 0 Å². The second-order valence-electron chi connectivity index (χ2n) is 4.16. The van der Waals surface area contributed by atoms with E-state index in [1.807, 2.05) is 30.3 Å². The van der Waals surface area contributed by atoms with Gasteiger partial charge in [-0.15, -0.1) is 0 Å². The number of carbonyl (C=O) groups is 1. The van der Waals surface area contributed by atoms with E-state index in [2.05, 4.69) is 15.3 Å². The minimum Gasteiger partial charge on any atom is -0.328 e. The number of benzene rings is 1. The number of imidazole rings is 1. The molecule has 1 amide bonds. The highest BCUT2D eigenvalue weighted by atomic mass is 16.1. The Morgan fingerprint density at radius 3 is 3.00 bits per heavy atom. The summed E-state index contributed by atoms with van der Waals surface area (Å²) in [5.74, 6) is -0.0886. The summed E-state index contributed by atoms with van der Waals surface area (Å²) in [6.45, 7) is 0.247. The third kappa shape index (κ3) is 2.44. The summed E-state index contributed by atoms with van der Waals surface area (Å²) in [6, 6.07) is 9.46. The van der Waals surface area contributed by atoms with E-state index in [1.54, 1.807) is 29.5 Å². The van der Waals surface area contributed by atoms with Crippen molar-refractivity contribution in [2.75, 3.05) is 5.32 Å². The lowest BCUT2D eigenvalue weighted by Crippen LogP contribution is -2.18. The summed E-state index contributed by atoms with van der Waals surface area (Å²) in [7, 11) is 0. The average molecular weight is 252 g/mol. The minimum atomic E-state index is -0.0886. The van der Waals surface area contributed by atoms with Crippen LogP contribution in [0.1, 0.15) is 0 Å². The molecule has 0 spiro atoms. The molecular formula is C14H12N4O. The van der Waals surface area contributed by atoms with Gasteiger partial charge in [0.05, 0.1) is 17.5 Å². The first-order chi connectivity index (χ1) is 9.33. The summed E-state index contributed by atoms with van der Waals surface area (Å²) in [5.41, 5.74) is 1.64. The van der Waals surface area contributed by atoms with Crippen LogP contribution in [-0.2, 0) is 11.3 Å². The summed E-state index contributed by atoms with van der Waals surface area (Å²) >= 11 is 0. The minimum absolute atomic E-state index is 0.0886. The highest BCUT2D eigenvalue weighted by Crippen LogP contribution is 2.21. The molecule has 2 aromatic heterocycles. The lowest BCUT2D eigenvalue weighted by molar-refractivity contribution is -0.116. The molecule has 0 bridgehead atoms. The number of rotatable bonds is 3. The van der Waals surface area contributed by atoms with Crippen molar-refractivity contribution in [2.45, 2.75) is 6.54 Å². The largest absolute Gasteiger partial charge is 0.328 e. The average Bonchev–Trinajstić information content (AvgIpc) is 2.92. The fourth-order valence-corrected chi connectivity index (χ4v) is 1.95. The van der Waals surface area contributed by atoms with Crippen molar-refractivity contribution in [1.82, 2.24) is 14.5 Å². The van der Waals surface area contributed by atoms with Crippen LogP contribution >= 0.6 is 0 Å². The Bertz CT molecular complexity index is 701. The van der Waals surface area contributed by atoms with Crippen molar-refractivity contribution in [3.05, 3.63) is 55.2 Å². The maximum Gasteiger partial charge on any atom is 0.244 e. The van der Waals surface area contributed by atoms with Gasteiger partial charge in [-0.25, -0.2) is 4.98 Å². The lowest BCUT2D eigenvalue weighted by atomic mass is 10.2. The molecule has 1 N–H and O–H groups in total. The number of hydrogen-bond donors (Lipinski definition) is 1. The highest BCUT2D eigenvalue weighted by Gasteiger charge is 2.06. The van der Waals surface area contributed by atoms with Crippen LogP contribution in [0.5, 0.6) is 0 Å². The first kappa shape index (κ1) is 11.4. The maximum absolute atomic E-state index is 11.9. The predicted molar refractivity (Wildman–Crippen MR) is 72.6 cm³/mol. The molecule has 0 fully saturated rings. The highest BCUT2D eigenvalue weighted by molar-refractivity contribution is 6.00. The van der Waals surface area contributed by atoms with Gasteiger partial charge in [0.15, 0.2) is 0 Å². The van der Waals surface area contributed by atoms with Crippen LogP contribution in [0.2, 0.25) is 0 Å². The molecule has 0 saturated heterocycles. The zero-order valence-electron chi connectivity index (χ0n) is 10.2. The summed E-state index contributed by atoms with van der Waals surface area (Å²) in [5, 5.41) is 3.83. The normalized spacial score (nSPS) is 10.5. The first-order valence-electron chi connectivity index (χ1n) is 5.92. The second kappa shape index (κ2) is 4.89. The Hall–Kier alpha value is -2.69. The Morgan fingerprint density at radius 1 is 1.21 bits per heavy atom. The number of anilines is 1. The van der Waals surface area contributed by atoms with Crippen molar-refractivity contribution in [3.8, 4) is 0 Å². The van der Waals surface area contributed by atoms with Crippen LogP contribution < -0.4 is 5.32 Å². The monoisotopic (exact) mass is 252 g/mol. The van der Waals surface area contributed by atoms with Gasteiger partial charge in [0, 0.05) is 24.0 Å². The van der Waals surface area contributed by atoms with E-state index in [4.69, 9.17) is 0 Å². The Kier molecular flexibility index (Phi) is 2.94. The SMILES string of the molecule is O=C(Cn1ccnc1)Nc1cccc2ncccc12. The molecule has 19 heavy (non-hydrogen) atoms. The van der Waals surface area contributed by atoms with Crippen molar-refractivity contribution in [2.24, 2.45) is 0 Å². The standard InChI is InChI=1S/C14H12N4O/c19-14(9-18-8-7-15-10-18)17-13-5-1-4-12-11(13)3-2-6-16-12/h1-8,10H,9H2,(H,17,19). The second-order valence-corrected chi connectivity index (χ2v) is 4.16. The molecule has 0 unspecified atom stereocenters.